The SMILES string of the molecule is Cc1[nH]c(-c2ccccc2)nc1C(=O)N(C)Cc1cc(-c2cccnc2)no1. The number of benzene rings is 1. The van der Waals surface area contributed by atoms with Crippen LogP contribution in [0.25, 0.3) is 22.6 Å². The Kier molecular flexibility index (Phi) is 4.72. The third-order valence-electron chi connectivity index (χ3n) is 4.39. The lowest BCUT2D eigenvalue weighted by Gasteiger charge is -2.14. The second kappa shape index (κ2) is 7.48. The maximum atomic E-state index is 12.9. The molecule has 0 saturated carbocycles. The number of hydrogen-bond donors (Lipinski definition) is 1. The fourth-order valence-corrected chi connectivity index (χ4v) is 2.93. The van der Waals surface area contributed by atoms with E-state index in [-0.39, 0.29) is 5.91 Å². The van der Waals surface area contributed by atoms with E-state index in [2.05, 4.69) is 20.1 Å². The van der Waals surface area contributed by atoms with E-state index in [0.29, 0.717) is 29.5 Å². The van der Waals surface area contributed by atoms with E-state index < -0.39 is 0 Å². The van der Waals surface area contributed by atoms with E-state index >= 15 is 0 Å². The van der Waals surface area contributed by atoms with Gasteiger partial charge in [-0.05, 0) is 19.1 Å². The molecule has 3 aromatic heterocycles. The van der Waals surface area contributed by atoms with Crippen LogP contribution in [0.2, 0.25) is 0 Å². The van der Waals surface area contributed by atoms with Crippen molar-refractivity contribution in [2.75, 3.05) is 7.05 Å². The van der Waals surface area contributed by atoms with E-state index in [4.69, 9.17) is 4.52 Å². The molecular formula is C21H19N5O2. The van der Waals surface area contributed by atoms with E-state index in [1.807, 2.05) is 55.5 Å². The Bertz CT molecular complexity index is 1090. The highest BCUT2D eigenvalue weighted by atomic mass is 16.5. The number of amides is 1. The fourth-order valence-electron chi connectivity index (χ4n) is 2.93. The van der Waals surface area contributed by atoms with Crippen LogP contribution in [0.15, 0.2) is 65.4 Å². The van der Waals surface area contributed by atoms with Gasteiger partial charge in [-0.2, -0.15) is 0 Å². The average molecular weight is 373 g/mol. The molecule has 4 aromatic rings. The monoisotopic (exact) mass is 373 g/mol. The predicted octanol–water partition coefficient (Wildman–Crippen LogP) is 3.71. The van der Waals surface area contributed by atoms with Gasteiger partial charge in [0.15, 0.2) is 5.76 Å². The summed E-state index contributed by atoms with van der Waals surface area (Å²) in [6, 6.07) is 15.3. The Hall–Kier alpha value is -3.74. The highest BCUT2D eigenvalue weighted by Crippen LogP contribution is 2.21. The van der Waals surface area contributed by atoms with Gasteiger partial charge in [0.1, 0.15) is 17.2 Å². The van der Waals surface area contributed by atoms with Crippen LogP contribution in [-0.4, -0.2) is 38.0 Å². The molecule has 0 radical (unpaired) electrons. The summed E-state index contributed by atoms with van der Waals surface area (Å²) in [6.45, 7) is 2.13. The van der Waals surface area contributed by atoms with E-state index in [0.717, 1.165) is 16.8 Å². The van der Waals surface area contributed by atoms with Crippen molar-refractivity contribution in [3.05, 3.63) is 78.1 Å². The number of nitrogens with one attached hydrogen (secondary N) is 1. The van der Waals surface area contributed by atoms with Crippen molar-refractivity contribution in [1.29, 1.82) is 0 Å². The highest BCUT2D eigenvalue weighted by Gasteiger charge is 2.21. The van der Waals surface area contributed by atoms with Gasteiger partial charge in [0.05, 0.1) is 6.54 Å². The van der Waals surface area contributed by atoms with Crippen LogP contribution in [0.3, 0.4) is 0 Å². The van der Waals surface area contributed by atoms with Gasteiger partial charge in [-0.25, -0.2) is 4.98 Å². The number of imidazole rings is 1. The Morgan fingerprint density at radius 3 is 2.68 bits per heavy atom. The molecule has 3 heterocycles. The Morgan fingerprint density at radius 1 is 1.14 bits per heavy atom. The average Bonchev–Trinajstić information content (AvgIpc) is 3.35. The number of hydrogen-bond acceptors (Lipinski definition) is 5. The molecule has 0 aliphatic heterocycles. The summed E-state index contributed by atoms with van der Waals surface area (Å²) in [5, 5.41) is 4.06. The molecule has 0 atom stereocenters. The van der Waals surface area contributed by atoms with Gasteiger partial charge < -0.3 is 14.4 Å². The normalized spacial score (nSPS) is 10.8. The zero-order chi connectivity index (χ0) is 19.5. The number of aromatic nitrogens is 4. The highest BCUT2D eigenvalue weighted by molar-refractivity contribution is 5.93. The van der Waals surface area contributed by atoms with Gasteiger partial charge in [0.25, 0.3) is 5.91 Å². The fraction of sp³-hybridized carbons (Fsp3) is 0.143. The Labute approximate surface area is 162 Å². The zero-order valence-electron chi connectivity index (χ0n) is 15.6. The smallest absolute Gasteiger partial charge is 0.274 e. The summed E-state index contributed by atoms with van der Waals surface area (Å²) in [5.41, 5.74) is 3.61. The molecular weight excluding hydrogens is 354 g/mol. The van der Waals surface area contributed by atoms with Gasteiger partial charge in [0.2, 0.25) is 0 Å². The summed E-state index contributed by atoms with van der Waals surface area (Å²) in [4.78, 5) is 26.2. The molecule has 7 heteroatoms. The van der Waals surface area contributed by atoms with Crippen molar-refractivity contribution in [1.82, 2.24) is 25.0 Å². The molecule has 0 saturated heterocycles. The molecule has 0 aliphatic rings. The number of rotatable bonds is 5. The van der Waals surface area contributed by atoms with E-state index in [1.54, 1.807) is 24.3 Å². The Morgan fingerprint density at radius 2 is 1.93 bits per heavy atom. The summed E-state index contributed by atoms with van der Waals surface area (Å²) in [6.07, 6.45) is 3.42. The molecule has 1 N–H and O–H groups in total. The van der Waals surface area contributed by atoms with Crippen molar-refractivity contribution in [2.45, 2.75) is 13.5 Å². The number of H-pyrrole nitrogens is 1. The lowest BCUT2D eigenvalue weighted by molar-refractivity contribution is 0.0766. The molecule has 140 valence electrons. The van der Waals surface area contributed by atoms with Crippen LogP contribution in [0.1, 0.15) is 21.9 Å². The maximum Gasteiger partial charge on any atom is 0.274 e. The molecule has 1 amide bonds. The van der Waals surface area contributed by atoms with Crippen molar-refractivity contribution in [3.63, 3.8) is 0 Å². The molecule has 0 fully saturated rings. The van der Waals surface area contributed by atoms with Crippen LogP contribution < -0.4 is 0 Å². The summed E-state index contributed by atoms with van der Waals surface area (Å²) in [7, 11) is 1.71. The second-order valence-electron chi connectivity index (χ2n) is 6.51. The van der Waals surface area contributed by atoms with Gasteiger partial charge >= 0.3 is 0 Å². The van der Waals surface area contributed by atoms with Crippen LogP contribution in [0.5, 0.6) is 0 Å². The lowest BCUT2D eigenvalue weighted by Crippen LogP contribution is -2.27. The first-order valence-corrected chi connectivity index (χ1v) is 8.85. The molecule has 1 aromatic carbocycles. The zero-order valence-corrected chi connectivity index (χ0v) is 15.6. The minimum Gasteiger partial charge on any atom is -0.359 e. The molecule has 0 spiro atoms. The number of carbonyl (C=O) groups is 1. The minimum atomic E-state index is -0.185. The van der Waals surface area contributed by atoms with Gasteiger partial charge in [-0.1, -0.05) is 35.5 Å². The van der Waals surface area contributed by atoms with Gasteiger partial charge in [0, 0.05) is 42.3 Å². The second-order valence-corrected chi connectivity index (χ2v) is 6.51. The van der Waals surface area contributed by atoms with Crippen LogP contribution in [0, 0.1) is 6.92 Å². The standard InChI is InChI=1S/C21H19N5O2/c1-14-19(24-20(23-14)15-7-4-3-5-8-15)21(27)26(2)13-17-11-18(25-28-17)16-9-6-10-22-12-16/h3-12H,13H2,1-2H3,(H,23,24). The van der Waals surface area contributed by atoms with Crippen molar-refractivity contribution < 1.29 is 9.32 Å². The number of carbonyl (C=O) groups excluding carboxylic acids is 1. The van der Waals surface area contributed by atoms with Crippen molar-refractivity contribution in [2.24, 2.45) is 0 Å². The van der Waals surface area contributed by atoms with Crippen LogP contribution >= 0.6 is 0 Å². The Balaban J connectivity index is 1.50. The van der Waals surface area contributed by atoms with Crippen molar-refractivity contribution >= 4 is 5.91 Å². The lowest BCUT2D eigenvalue weighted by atomic mass is 10.2. The third kappa shape index (κ3) is 3.55. The maximum absolute atomic E-state index is 12.9. The van der Waals surface area contributed by atoms with Crippen molar-refractivity contribution in [3.8, 4) is 22.6 Å². The van der Waals surface area contributed by atoms with Gasteiger partial charge in [-0.3, -0.25) is 9.78 Å². The van der Waals surface area contributed by atoms with Gasteiger partial charge in [-0.15, -0.1) is 0 Å². The topological polar surface area (TPSA) is 87.9 Å². The largest absolute Gasteiger partial charge is 0.359 e. The quantitative estimate of drug-likeness (QED) is 0.576. The third-order valence-corrected chi connectivity index (χ3v) is 4.39. The first-order chi connectivity index (χ1) is 13.6. The number of nitrogens with zero attached hydrogens (tertiary/aromatic N) is 4. The van der Waals surface area contributed by atoms with Crippen LogP contribution in [-0.2, 0) is 6.54 Å². The first kappa shape index (κ1) is 17.7. The molecule has 0 bridgehead atoms. The molecule has 28 heavy (non-hydrogen) atoms. The predicted molar refractivity (Wildman–Crippen MR) is 104 cm³/mol. The summed E-state index contributed by atoms with van der Waals surface area (Å²) in [5.74, 6) is 1.08. The molecule has 0 aliphatic carbocycles. The first-order valence-electron chi connectivity index (χ1n) is 8.85. The van der Waals surface area contributed by atoms with Crippen LogP contribution in [0.4, 0.5) is 0 Å². The summed E-state index contributed by atoms with van der Waals surface area (Å²) < 4.78 is 5.38. The number of aryl methyl sites for hydroxylation is 1. The molecule has 0 unspecified atom stereocenters. The summed E-state index contributed by atoms with van der Waals surface area (Å²) >= 11 is 0. The molecule has 7 nitrogen and oxygen atoms in total. The number of pyridine rings is 1. The number of aromatic amines is 1. The van der Waals surface area contributed by atoms with E-state index in [9.17, 15) is 4.79 Å². The molecule has 4 rings (SSSR count). The minimum absolute atomic E-state index is 0.185. The van der Waals surface area contributed by atoms with E-state index in [1.165, 1.54) is 0 Å².